The Kier molecular flexibility index (Phi) is 5.41. The van der Waals surface area contributed by atoms with Crippen LogP contribution in [0.4, 0.5) is 4.39 Å². The van der Waals surface area contributed by atoms with Gasteiger partial charge < -0.3 is 14.6 Å². The first kappa shape index (κ1) is 15.6. The Morgan fingerprint density at radius 3 is 2.90 bits per heavy atom. The average Bonchev–Trinajstić information content (AvgIpc) is 2.91. The van der Waals surface area contributed by atoms with Crippen LogP contribution in [0.15, 0.2) is 22.7 Å². The van der Waals surface area contributed by atoms with Crippen LogP contribution >= 0.6 is 0 Å². The molecule has 0 radical (unpaired) electrons. The number of rotatable bonds is 7. The molecule has 0 aliphatic rings. The number of hydrogen-bond acceptors (Lipinski definition) is 5. The number of benzene rings is 1. The van der Waals surface area contributed by atoms with Crippen molar-refractivity contribution in [2.24, 2.45) is 0 Å². The van der Waals surface area contributed by atoms with E-state index in [-0.39, 0.29) is 11.9 Å². The zero-order chi connectivity index (χ0) is 15.2. The van der Waals surface area contributed by atoms with E-state index in [1.165, 1.54) is 6.07 Å². The molecule has 0 spiro atoms. The molecule has 5 nitrogen and oxygen atoms in total. The standard InChI is InChI=1S/C15H20FN3O2/c1-4-17-12(9-20-3)8-14-18-15(19-21-14)11-6-5-10(2)13(16)7-11/h5-7,12,17H,4,8-9H2,1-3H3. The van der Waals surface area contributed by atoms with Crippen LogP contribution in [0, 0.1) is 12.7 Å². The van der Waals surface area contributed by atoms with Crippen LogP contribution in [0.1, 0.15) is 18.4 Å². The second kappa shape index (κ2) is 7.28. The summed E-state index contributed by atoms with van der Waals surface area (Å²) in [6, 6.07) is 5.01. The van der Waals surface area contributed by atoms with Crippen LogP contribution in [0.25, 0.3) is 11.4 Å². The molecule has 0 fully saturated rings. The van der Waals surface area contributed by atoms with Gasteiger partial charge in [0.05, 0.1) is 6.61 Å². The molecule has 1 unspecified atom stereocenters. The molecule has 0 aliphatic carbocycles. The summed E-state index contributed by atoms with van der Waals surface area (Å²) in [7, 11) is 1.65. The lowest BCUT2D eigenvalue weighted by Gasteiger charge is -2.14. The Bertz CT molecular complexity index is 580. The van der Waals surface area contributed by atoms with E-state index in [1.54, 1.807) is 26.2 Å². The van der Waals surface area contributed by atoms with E-state index < -0.39 is 0 Å². The summed E-state index contributed by atoms with van der Waals surface area (Å²) in [5.41, 5.74) is 1.20. The second-order valence-electron chi connectivity index (χ2n) is 4.89. The summed E-state index contributed by atoms with van der Waals surface area (Å²) in [6.07, 6.45) is 0.572. The van der Waals surface area contributed by atoms with Crippen LogP contribution in [0.3, 0.4) is 0 Å². The van der Waals surface area contributed by atoms with Gasteiger partial charge in [-0.25, -0.2) is 4.39 Å². The van der Waals surface area contributed by atoms with Crippen molar-refractivity contribution < 1.29 is 13.7 Å². The third-order valence-electron chi connectivity index (χ3n) is 3.18. The van der Waals surface area contributed by atoms with Gasteiger partial charge in [0.1, 0.15) is 5.82 Å². The van der Waals surface area contributed by atoms with Crippen LogP contribution in [-0.2, 0) is 11.2 Å². The van der Waals surface area contributed by atoms with Gasteiger partial charge in [-0.05, 0) is 25.1 Å². The van der Waals surface area contributed by atoms with Gasteiger partial charge in [0.15, 0.2) is 0 Å². The molecule has 1 atom stereocenters. The van der Waals surface area contributed by atoms with E-state index in [0.717, 1.165) is 6.54 Å². The Balaban J connectivity index is 2.11. The molecule has 1 N–H and O–H groups in total. The van der Waals surface area contributed by atoms with Gasteiger partial charge >= 0.3 is 0 Å². The summed E-state index contributed by atoms with van der Waals surface area (Å²) < 4.78 is 24.0. The molecule has 1 heterocycles. The van der Waals surface area contributed by atoms with E-state index >= 15 is 0 Å². The number of aromatic nitrogens is 2. The van der Waals surface area contributed by atoms with Crippen molar-refractivity contribution in [2.45, 2.75) is 26.3 Å². The fourth-order valence-corrected chi connectivity index (χ4v) is 2.08. The van der Waals surface area contributed by atoms with Gasteiger partial charge in [0, 0.05) is 25.1 Å². The number of aryl methyl sites for hydroxylation is 1. The molecule has 0 saturated heterocycles. The van der Waals surface area contributed by atoms with Gasteiger partial charge in [-0.2, -0.15) is 4.98 Å². The summed E-state index contributed by atoms with van der Waals surface area (Å²) in [5, 5.41) is 7.19. The monoisotopic (exact) mass is 293 g/mol. The van der Waals surface area contributed by atoms with Gasteiger partial charge in [-0.3, -0.25) is 0 Å². The number of likely N-dealkylation sites (N-methyl/N-ethyl adjacent to an activating group) is 1. The maximum Gasteiger partial charge on any atom is 0.228 e. The van der Waals surface area contributed by atoms with Crippen LogP contribution in [0.2, 0.25) is 0 Å². The zero-order valence-corrected chi connectivity index (χ0v) is 12.5. The van der Waals surface area contributed by atoms with Crippen LogP contribution in [0.5, 0.6) is 0 Å². The first-order valence-electron chi connectivity index (χ1n) is 6.95. The summed E-state index contributed by atoms with van der Waals surface area (Å²) in [5.74, 6) is 0.634. The smallest absolute Gasteiger partial charge is 0.228 e. The topological polar surface area (TPSA) is 60.2 Å². The summed E-state index contributed by atoms with van der Waals surface area (Å²) >= 11 is 0. The molecule has 0 saturated carbocycles. The van der Waals surface area contributed by atoms with Crippen molar-refractivity contribution in [1.29, 1.82) is 0 Å². The highest BCUT2D eigenvalue weighted by molar-refractivity contribution is 5.54. The molecule has 114 valence electrons. The number of nitrogens with one attached hydrogen (secondary N) is 1. The number of hydrogen-bond donors (Lipinski definition) is 1. The maximum absolute atomic E-state index is 13.6. The lowest BCUT2D eigenvalue weighted by atomic mass is 10.1. The van der Waals surface area contributed by atoms with Gasteiger partial charge in [-0.1, -0.05) is 24.2 Å². The predicted octanol–water partition coefficient (Wildman–Crippen LogP) is 2.35. The van der Waals surface area contributed by atoms with Gasteiger partial charge in [0.2, 0.25) is 11.7 Å². The molecule has 21 heavy (non-hydrogen) atoms. The fraction of sp³-hybridized carbons (Fsp3) is 0.467. The lowest BCUT2D eigenvalue weighted by Crippen LogP contribution is -2.35. The van der Waals surface area contributed by atoms with Crippen molar-refractivity contribution in [3.63, 3.8) is 0 Å². The van der Waals surface area contributed by atoms with E-state index in [4.69, 9.17) is 9.26 Å². The first-order chi connectivity index (χ1) is 10.1. The van der Waals surface area contributed by atoms with Crippen molar-refractivity contribution in [3.8, 4) is 11.4 Å². The third-order valence-corrected chi connectivity index (χ3v) is 3.18. The minimum atomic E-state index is -0.274. The Labute approximate surface area is 123 Å². The van der Waals surface area contributed by atoms with Gasteiger partial charge in [-0.15, -0.1) is 0 Å². The van der Waals surface area contributed by atoms with Crippen molar-refractivity contribution in [3.05, 3.63) is 35.5 Å². The maximum atomic E-state index is 13.6. The number of nitrogens with zero attached hydrogens (tertiary/aromatic N) is 2. The molecule has 0 amide bonds. The third kappa shape index (κ3) is 4.09. The zero-order valence-electron chi connectivity index (χ0n) is 12.5. The van der Waals surface area contributed by atoms with E-state index in [9.17, 15) is 4.39 Å². The fourth-order valence-electron chi connectivity index (χ4n) is 2.08. The Morgan fingerprint density at radius 2 is 2.24 bits per heavy atom. The number of methoxy groups -OCH3 is 1. The van der Waals surface area contributed by atoms with Crippen molar-refractivity contribution in [2.75, 3.05) is 20.3 Å². The van der Waals surface area contributed by atoms with E-state index in [0.29, 0.717) is 35.9 Å². The van der Waals surface area contributed by atoms with Crippen molar-refractivity contribution >= 4 is 0 Å². The molecule has 1 aromatic carbocycles. The SMILES string of the molecule is CCNC(COC)Cc1nc(-c2ccc(C)c(F)c2)no1. The molecular formula is C15H20FN3O2. The Hall–Kier alpha value is -1.79. The van der Waals surface area contributed by atoms with Crippen molar-refractivity contribution in [1.82, 2.24) is 15.5 Å². The lowest BCUT2D eigenvalue weighted by molar-refractivity contribution is 0.162. The summed E-state index contributed by atoms with van der Waals surface area (Å²) in [4.78, 5) is 4.32. The largest absolute Gasteiger partial charge is 0.383 e. The second-order valence-corrected chi connectivity index (χ2v) is 4.89. The molecule has 2 rings (SSSR count). The Morgan fingerprint density at radius 1 is 1.43 bits per heavy atom. The first-order valence-corrected chi connectivity index (χ1v) is 6.95. The molecular weight excluding hydrogens is 273 g/mol. The molecule has 2 aromatic rings. The minimum Gasteiger partial charge on any atom is -0.383 e. The minimum absolute atomic E-state index is 0.114. The van der Waals surface area contributed by atoms with E-state index in [2.05, 4.69) is 15.5 Å². The highest BCUT2D eigenvalue weighted by Gasteiger charge is 2.15. The van der Waals surface area contributed by atoms with Crippen LogP contribution < -0.4 is 5.32 Å². The van der Waals surface area contributed by atoms with Crippen LogP contribution in [-0.4, -0.2) is 36.4 Å². The normalized spacial score (nSPS) is 12.6. The quantitative estimate of drug-likeness (QED) is 0.849. The predicted molar refractivity (Wildman–Crippen MR) is 77.5 cm³/mol. The molecule has 6 heteroatoms. The van der Waals surface area contributed by atoms with E-state index in [1.807, 2.05) is 6.92 Å². The highest BCUT2D eigenvalue weighted by atomic mass is 19.1. The van der Waals surface area contributed by atoms with Gasteiger partial charge in [0.25, 0.3) is 0 Å². The number of ether oxygens (including phenoxy) is 1. The molecule has 1 aromatic heterocycles. The number of halogens is 1. The highest BCUT2D eigenvalue weighted by Crippen LogP contribution is 2.19. The average molecular weight is 293 g/mol. The summed E-state index contributed by atoms with van der Waals surface area (Å²) in [6.45, 7) is 5.13. The molecule has 0 bridgehead atoms. The molecule has 0 aliphatic heterocycles.